The summed E-state index contributed by atoms with van der Waals surface area (Å²) in [6.45, 7) is 0. The summed E-state index contributed by atoms with van der Waals surface area (Å²) in [6.07, 6.45) is 1.79. The summed E-state index contributed by atoms with van der Waals surface area (Å²) in [5.74, 6) is 0.553. The fraction of sp³-hybridized carbons (Fsp3) is 0.0588. The molecule has 0 aromatic heterocycles. The van der Waals surface area contributed by atoms with Crippen LogP contribution < -0.4 is 9.64 Å². The van der Waals surface area contributed by atoms with Crippen molar-refractivity contribution in [1.82, 2.24) is 0 Å². The zero-order chi connectivity index (χ0) is 17.3. The predicted octanol–water partition coefficient (Wildman–Crippen LogP) is 5.41. The van der Waals surface area contributed by atoms with Crippen LogP contribution in [0, 0.1) is 0 Å². The van der Waals surface area contributed by atoms with E-state index in [1.165, 1.54) is 16.7 Å². The number of carbonyl (C=O) groups is 1. The minimum absolute atomic E-state index is 0.204. The second kappa shape index (κ2) is 7.15. The Balaban J connectivity index is 1.92. The molecule has 1 amide bonds. The molecule has 0 spiro atoms. The fourth-order valence-electron chi connectivity index (χ4n) is 2.19. The van der Waals surface area contributed by atoms with Crippen molar-refractivity contribution in [2.45, 2.75) is 0 Å². The summed E-state index contributed by atoms with van der Waals surface area (Å²) in [7, 11) is 1.61. The molecule has 0 aliphatic carbocycles. The summed E-state index contributed by atoms with van der Waals surface area (Å²) in [5, 5.41) is 0.882. The third-order valence-electron chi connectivity index (χ3n) is 3.36. The molecule has 0 unspecified atom stereocenters. The third-order valence-corrected chi connectivity index (χ3v) is 5.20. The Hall–Kier alpha value is -1.53. The van der Waals surface area contributed by atoms with E-state index in [9.17, 15) is 4.79 Å². The molecule has 0 radical (unpaired) electrons. The van der Waals surface area contributed by atoms with Gasteiger partial charge in [-0.25, -0.2) is 0 Å². The van der Waals surface area contributed by atoms with E-state index in [1.807, 2.05) is 24.3 Å². The van der Waals surface area contributed by atoms with E-state index < -0.39 is 0 Å². The molecule has 1 aliphatic heterocycles. The molecule has 1 heterocycles. The van der Waals surface area contributed by atoms with Crippen molar-refractivity contribution in [2.24, 2.45) is 0 Å². The highest BCUT2D eigenvalue weighted by Crippen LogP contribution is 2.39. The van der Waals surface area contributed by atoms with Gasteiger partial charge in [0.2, 0.25) is 0 Å². The van der Waals surface area contributed by atoms with Gasteiger partial charge in [-0.2, -0.15) is 0 Å². The quantitative estimate of drug-likeness (QED) is 0.513. The molecule has 1 aliphatic rings. The van der Waals surface area contributed by atoms with E-state index in [0.717, 1.165) is 11.3 Å². The number of rotatable bonds is 3. The van der Waals surface area contributed by atoms with Gasteiger partial charge < -0.3 is 4.74 Å². The van der Waals surface area contributed by atoms with Crippen LogP contribution in [-0.4, -0.2) is 17.3 Å². The number of amides is 1. The molecule has 0 N–H and O–H groups in total. The van der Waals surface area contributed by atoms with Gasteiger partial charge in [-0.3, -0.25) is 9.69 Å². The van der Waals surface area contributed by atoms with Crippen LogP contribution in [0.15, 0.2) is 47.4 Å². The first kappa shape index (κ1) is 17.3. The Morgan fingerprint density at radius 1 is 1.17 bits per heavy atom. The highest BCUT2D eigenvalue weighted by molar-refractivity contribution is 8.27. The summed E-state index contributed by atoms with van der Waals surface area (Å²) in [5.41, 5.74) is 1.42. The van der Waals surface area contributed by atoms with Crippen LogP contribution >= 0.6 is 47.2 Å². The number of ether oxygens (including phenoxy) is 1. The van der Waals surface area contributed by atoms with E-state index in [1.54, 1.807) is 31.4 Å². The normalized spacial score (nSPS) is 16.1. The Morgan fingerprint density at radius 3 is 2.50 bits per heavy atom. The number of thioether (sulfide) groups is 1. The van der Waals surface area contributed by atoms with Gasteiger partial charge in [-0.1, -0.05) is 59.3 Å². The Kier molecular flexibility index (Phi) is 5.15. The molecule has 24 heavy (non-hydrogen) atoms. The number of halogens is 2. The van der Waals surface area contributed by atoms with Crippen molar-refractivity contribution in [3.05, 3.63) is 63.0 Å². The molecule has 3 rings (SSSR count). The highest BCUT2D eigenvalue weighted by atomic mass is 35.5. The molecule has 2 aromatic carbocycles. The van der Waals surface area contributed by atoms with Crippen molar-refractivity contribution < 1.29 is 9.53 Å². The second-order valence-corrected chi connectivity index (χ2v) is 7.41. The standard InChI is InChI=1S/C17H11Cl2NO2S2/c1-22-12-5-2-10(3-6-12)8-15-16(21)20(17(23)24-15)14-7-4-11(18)9-13(14)19/h2-9H,1H3. The smallest absolute Gasteiger partial charge is 0.270 e. The van der Waals surface area contributed by atoms with E-state index in [-0.39, 0.29) is 5.91 Å². The van der Waals surface area contributed by atoms with Gasteiger partial charge in [0, 0.05) is 5.02 Å². The van der Waals surface area contributed by atoms with Crippen LogP contribution in [0.3, 0.4) is 0 Å². The Bertz CT molecular complexity index is 850. The average molecular weight is 396 g/mol. The number of nitrogens with zero attached hydrogens (tertiary/aromatic N) is 1. The lowest BCUT2D eigenvalue weighted by Crippen LogP contribution is -2.27. The molecule has 7 heteroatoms. The summed E-state index contributed by atoms with van der Waals surface area (Å²) >= 11 is 18.7. The van der Waals surface area contributed by atoms with Crippen LogP contribution in [0.5, 0.6) is 5.75 Å². The molecule has 0 saturated carbocycles. The number of hydrogen-bond donors (Lipinski definition) is 0. The summed E-state index contributed by atoms with van der Waals surface area (Å²) < 4.78 is 5.56. The molecule has 2 aromatic rings. The summed E-state index contributed by atoms with van der Waals surface area (Å²) in [6, 6.07) is 12.4. The van der Waals surface area contributed by atoms with Crippen LogP contribution in [0.1, 0.15) is 5.56 Å². The van der Waals surface area contributed by atoms with Crippen molar-refractivity contribution in [3.8, 4) is 5.75 Å². The van der Waals surface area contributed by atoms with Gasteiger partial charge in [0.1, 0.15) is 5.75 Å². The average Bonchev–Trinajstić information content (AvgIpc) is 2.83. The molecule has 122 valence electrons. The van der Waals surface area contributed by atoms with Gasteiger partial charge >= 0.3 is 0 Å². The predicted molar refractivity (Wildman–Crippen MR) is 105 cm³/mol. The molecular weight excluding hydrogens is 385 g/mol. The highest BCUT2D eigenvalue weighted by Gasteiger charge is 2.34. The molecule has 0 bridgehead atoms. The zero-order valence-corrected chi connectivity index (χ0v) is 15.6. The fourth-order valence-corrected chi connectivity index (χ4v) is 3.97. The molecule has 1 fully saturated rings. The zero-order valence-electron chi connectivity index (χ0n) is 12.5. The number of benzene rings is 2. The first-order chi connectivity index (χ1) is 11.5. The number of hydrogen-bond acceptors (Lipinski definition) is 4. The van der Waals surface area contributed by atoms with E-state index in [2.05, 4.69) is 0 Å². The minimum atomic E-state index is -0.204. The van der Waals surface area contributed by atoms with Gasteiger partial charge in [0.15, 0.2) is 4.32 Å². The monoisotopic (exact) mass is 395 g/mol. The maximum Gasteiger partial charge on any atom is 0.270 e. The van der Waals surface area contributed by atoms with Crippen LogP contribution in [0.2, 0.25) is 10.0 Å². The lowest BCUT2D eigenvalue weighted by Gasteiger charge is -2.16. The lowest BCUT2D eigenvalue weighted by molar-refractivity contribution is -0.113. The van der Waals surface area contributed by atoms with Crippen molar-refractivity contribution in [2.75, 3.05) is 12.0 Å². The number of methoxy groups -OCH3 is 1. The minimum Gasteiger partial charge on any atom is -0.497 e. The Labute approximate surface area is 159 Å². The van der Waals surface area contributed by atoms with E-state index in [4.69, 9.17) is 40.2 Å². The van der Waals surface area contributed by atoms with Crippen LogP contribution in [-0.2, 0) is 4.79 Å². The lowest BCUT2D eigenvalue weighted by atomic mass is 10.2. The van der Waals surface area contributed by atoms with Crippen molar-refractivity contribution in [3.63, 3.8) is 0 Å². The van der Waals surface area contributed by atoms with Gasteiger partial charge in [-0.05, 0) is 42.0 Å². The van der Waals surface area contributed by atoms with E-state index in [0.29, 0.717) is 25.0 Å². The van der Waals surface area contributed by atoms with Gasteiger partial charge in [0.25, 0.3) is 5.91 Å². The molecular formula is C17H11Cl2NO2S2. The van der Waals surface area contributed by atoms with Crippen molar-refractivity contribution in [1.29, 1.82) is 0 Å². The van der Waals surface area contributed by atoms with Gasteiger partial charge in [-0.15, -0.1) is 0 Å². The molecule has 3 nitrogen and oxygen atoms in total. The summed E-state index contributed by atoms with van der Waals surface area (Å²) in [4.78, 5) is 14.7. The molecule has 1 saturated heterocycles. The van der Waals surface area contributed by atoms with Crippen LogP contribution in [0.25, 0.3) is 6.08 Å². The largest absolute Gasteiger partial charge is 0.497 e. The Morgan fingerprint density at radius 2 is 1.88 bits per heavy atom. The van der Waals surface area contributed by atoms with Crippen molar-refractivity contribution >= 4 is 69.2 Å². The molecule has 0 atom stereocenters. The maximum atomic E-state index is 12.7. The number of anilines is 1. The van der Waals surface area contributed by atoms with Crippen LogP contribution in [0.4, 0.5) is 5.69 Å². The SMILES string of the molecule is COc1ccc(C=C2SC(=S)N(c3ccc(Cl)cc3Cl)C2=O)cc1. The first-order valence-corrected chi connectivity index (χ1v) is 8.85. The first-order valence-electron chi connectivity index (χ1n) is 6.86. The third kappa shape index (κ3) is 3.44. The second-order valence-electron chi connectivity index (χ2n) is 4.89. The number of carbonyl (C=O) groups excluding carboxylic acids is 1. The van der Waals surface area contributed by atoms with Gasteiger partial charge in [0.05, 0.1) is 22.7 Å². The maximum absolute atomic E-state index is 12.7. The number of thiocarbonyl (C=S) groups is 1. The van der Waals surface area contributed by atoms with E-state index >= 15 is 0 Å². The topological polar surface area (TPSA) is 29.5 Å².